The molecular formula is C5H8N2O2. The van der Waals surface area contributed by atoms with Crippen LogP contribution in [0.1, 0.15) is 0 Å². The molecule has 0 unspecified atom stereocenters. The summed E-state index contributed by atoms with van der Waals surface area (Å²) in [5, 5.41) is 10.1. The van der Waals surface area contributed by atoms with E-state index in [0.717, 1.165) is 0 Å². The summed E-state index contributed by atoms with van der Waals surface area (Å²) in [6, 6.07) is -0.673. The van der Waals surface area contributed by atoms with Gasteiger partial charge >= 0.3 is 6.03 Å². The predicted octanol–water partition coefficient (Wildman–Crippen LogP) is 0.374. The number of amides is 2. The molecule has 0 aliphatic rings. The van der Waals surface area contributed by atoms with Gasteiger partial charge in [0.1, 0.15) is 0 Å². The first kappa shape index (κ1) is 7.71. The van der Waals surface area contributed by atoms with Crippen LogP contribution in [0, 0.1) is 0 Å². The van der Waals surface area contributed by atoms with Crippen molar-refractivity contribution in [3.05, 3.63) is 24.9 Å². The van der Waals surface area contributed by atoms with Crippen molar-refractivity contribution in [3.8, 4) is 0 Å². The number of rotatable bonds is 2. The molecule has 0 heterocycles. The van der Waals surface area contributed by atoms with Gasteiger partial charge in [-0.2, -0.15) is 0 Å². The van der Waals surface area contributed by atoms with Gasteiger partial charge in [-0.3, -0.25) is 5.21 Å². The quantitative estimate of drug-likeness (QED) is 0.286. The second-order valence-corrected chi connectivity index (χ2v) is 1.18. The Hall–Kier alpha value is -1.29. The molecule has 50 valence electrons. The maximum atomic E-state index is 10.1. The SMILES string of the molecule is C=C/C=C\NC(=O)NO. The van der Waals surface area contributed by atoms with Gasteiger partial charge in [-0.05, 0) is 6.08 Å². The van der Waals surface area contributed by atoms with Gasteiger partial charge < -0.3 is 5.32 Å². The van der Waals surface area contributed by atoms with Crippen molar-refractivity contribution >= 4 is 6.03 Å². The van der Waals surface area contributed by atoms with Crippen molar-refractivity contribution in [1.82, 2.24) is 10.8 Å². The Kier molecular flexibility index (Phi) is 4.16. The first-order valence-corrected chi connectivity index (χ1v) is 2.29. The maximum Gasteiger partial charge on any atom is 0.342 e. The van der Waals surface area contributed by atoms with Crippen LogP contribution in [0.2, 0.25) is 0 Å². The minimum Gasteiger partial charge on any atom is -0.313 e. The third kappa shape index (κ3) is 4.57. The van der Waals surface area contributed by atoms with Gasteiger partial charge in [-0.25, -0.2) is 10.3 Å². The summed E-state index contributed by atoms with van der Waals surface area (Å²) in [7, 11) is 0. The van der Waals surface area contributed by atoms with E-state index in [-0.39, 0.29) is 0 Å². The molecule has 0 atom stereocenters. The molecule has 0 fully saturated rings. The van der Waals surface area contributed by atoms with Gasteiger partial charge in [0.25, 0.3) is 0 Å². The lowest BCUT2D eigenvalue weighted by Gasteiger charge is -1.92. The van der Waals surface area contributed by atoms with Crippen LogP contribution >= 0.6 is 0 Å². The number of carbonyl (C=O) groups excluding carboxylic acids is 1. The molecule has 0 bridgehead atoms. The number of hydroxylamine groups is 1. The minimum absolute atomic E-state index is 0.673. The lowest BCUT2D eigenvalue weighted by Crippen LogP contribution is -2.28. The third-order valence-corrected chi connectivity index (χ3v) is 0.548. The molecule has 4 nitrogen and oxygen atoms in total. The van der Waals surface area contributed by atoms with Crippen LogP contribution in [0.15, 0.2) is 24.9 Å². The summed E-state index contributed by atoms with van der Waals surface area (Å²) in [6.07, 6.45) is 4.37. The molecule has 3 N–H and O–H groups in total. The molecule has 2 amide bonds. The smallest absolute Gasteiger partial charge is 0.313 e. The van der Waals surface area contributed by atoms with E-state index in [1.165, 1.54) is 23.8 Å². The van der Waals surface area contributed by atoms with Gasteiger partial charge in [0, 0.05) is 6.20 Å². The molecule has 0 aliphatic carbocycles. The molecular weight excluding hydrogens is 120 g/mol. The highest BCUT2D eigenvalue weighted by Gasteiger charge is 1.87. The zero-order chi connectivity index (χ0) is 7.11. The Bertz CT molecular complexity index is 131. The van der Waals surface area contributed by atoms with Crippen molar-refractivity contribution in [2.75, 3.05) is 0 Å². The van der Waals surface area contributed by atoms with Crippen LogP contribution in [-0.4, -0.2) is 11.2 Å². The fourth-order valence-electron chi connectivity index (χ4n) is 0.224. The molecule has 0 aliphatic heterocycles. The Morgan fingerprint density at radius 2 is 2.33 bits per heavy atom. The zero-order valence-electron chi connectivity index (χ0n) is 4.79. The van der Waals surface area contributed by atoms with Gasteiger partial charge in [-0.15, -0.1) is 0 Å². The summed E-state index contributed by atoms with van der Waals surface area (Å²) in [4.78, 5) is 10.1. The van der Waals surface area contributed by atoms with E-state index < -0.39 is 6.03 Å². The molecule has 0 aromatic rings. The molecule has 9 heavy (non-hydrogen) atoms. The van der Waals surface area contributed by atoms with Crippen LogP contribution in [0.25, 0.3) is 0 Å². The minimum atomic E-state index is -0.673. The lowest BCUT2D eigenvalue weighted by molar-refractivity contribution is 0.164. The summed E-state index contributed by atoms with van der Waals surface area (Å²) < 4.78 is 0. The first-order chi connectivity index (χ1) is 4.31. The zero-order valence-corrected chi connectivity index (χ0v) is 4.79. The molecule has 4 heteroatoms. The van der Waals surface area contributed by atoms with Crippen molar-refractivity contribution in [2.24, 2.45) is 0 Å². The maximum absolute atomic E-state index is 10.1. The monoisotopic (exact) mass is 128 g/mol. The summed E-state index contributed by atoms with van der Waals surface area (Å²) in [5.41, 5.74) is 1.39. The van der Waals surface area contributed by atoms with E-state index in [0.29, 0.717) is 0 Å². The van der Waals surface area contributed by atoms with Crippen molar-refractivity contribution < 1.29 is 10.0 Å². The Labute approximate surface area is 52.8 Å². The van der Waals surface area contributed by atoms with Gasteiger partial charge in [-0.1, -0.05) is 12.7 Å². The highest BCUT2D eigenvalue weighted by molar-refractivity contribution is 5.73. The number of nitrogens with one attached hydrogen (secondary N) is 2. The number of urea groups is 1. The van der Waals surface area contributed by atoms with Gasteiger partial charge in [0.05, 0.1) is 0 Å². The number of hydrogen-bond donors (Lipinski definition) is 3. The number of hydrogen-bond acceptors (Lipinski definition) is 2. The fourth-order valence-corrected chi connectivity index (χ4v) is 0.224. The standard InChI is InChI=1S/C5H8N2O2/c1-2-3-4-6-5(8)7-9/h2-4,9H,1H2,(H2,6,7,8)/b4-3-. The van der Waals surface area contributed by atoms with Crippen molar-refractivity contribution in [2.45, 2.75) is 0 Å². The van der Waals surface area contributed by atoms with Crippen LogP contribution < -0.4 is 10.8 Å². The summed E-state index contributed by atoms with van der Waals surface area (Å²) in [5.74, 6) is 0. The van der Waals surface area contributed by atoms with Gasteiger partial charge in [0.2, 0.25) is 0 Å². The van der Waals surface area contributed by atoms with E-state index >= 15 is 0 Å². The molecule has 0 saturated carbocycles. The highest BCUT2D eigenvalue weighted by atomic mass is 16.5. The second-order valence-electron chi connectivity index (χ2n) is 1.18. The van der Waals surface area contributed by atoms with E-state index in [2.05, 4.69) is 11.9 Å². The molecule has 0 aromatic carbocycles. The van der Waals surface area contributed by atoms with Crippen molar-refractivity contribution in [1.29, 1.82) is 0 Å². The molecule has 0 spiro atoms. The Morgan fingerprint density at radius 3 is 2.78 bits per heavy atom. The van der Waals surface area contributed by atoms with Crippen LogP contribution in [-0.2, 0) is 0 Å². The van der Waals surface area contributed by atoms with Crippen LogP contribution in [0.5, 0.6) is 0 Å². The number of carbonyl (C=O) groups is 1. The Balaban J connectivity index is 3.37. The number of allylic oxidation sites excluding steroid dienone is 2. The average Bonchev–Trinajstić information content (AvgIpc) is 1.89. The largest absolute Gasteiger partial charge is 0.342 e. The normalized spacial score (nSPS) is 9.00. The first-order valence-electron chi connectivity index (χ1n) is 2.29. The molecule has 0 aromatic heterocycles. The van der Waals surface area contributed by atoms with E-state index in [9.17, 15) is 4.79 Å². The molecule has 0 rings (SSSR count). The third-order valence-electron chi connectivity index (χ3n) is 0.548. The summed E-state index contributed by atoms with van der Waals surface area (Å²) in [6.45, 7) is 3.36. The van der Waals surface area contributed by atoms with Gasteiger partial charge in [0.15, 0.2) is 0 Å². The fraction of sp³-hybridized carbons (Fsp3) is 0. The van der Waals surface area contributed by atoms with Crippen molar-refractivity contribution in [3.63, 3.8) is 0 Å². The second kappa shape index (κ2) is 4.86. The van der Waals surface area contributed by atoms with E-state index in [4.69, 9.17) is 5.21 Å². The Morgan fingerprint density at radius 1 is 1.67 bits per heavy atom. The average molecular weight is 128 g/mol. The van der Waals surface area contributed by atoms with Crippen LogP contribution in [0.4, 0.5) is 4.79 Å². The topological polar surface area (TPSA) is 61.4 Å². The van der Waals surface area contributed by atoms with E-state index in [1.54, 1.807) is 0 Å². The van der Waals surface area contributed by atoms with E-state index in [1.807, 2.05) is 0 Å². The highest BCUT2D eigenvalue weighted by Crippen LogP contribution is 1.67. The molecule has 0 saturated heterocycles. The molecule has 0 radical (unpaired) electrons. The summed E-state index contributed by atoms with van der Waals surface area (Å²) >= 11 is 0. The predicted molar refractivity (Wildman–Crippen MR) is 32.8 cm³/mol. The van der Waals surface area contributed by atoms with Crippen LogP contribution in [0.3, 0.4) is 0 Å². The lowest BCUT2D eigenvalue weighted by atomic mass is 10.6.